The number of nitrogens with zero attached hydrogens (tertiary/aromatic N) is 2. The maximum atomic E-state index is 13.8. The number of carbonyl (C=O) groups is 1. The minimum Gasteiger partial charge on any atom is -0.496 e. The van der Waals surface area contributed by atoms with Gasteiger partial charge < -0.3 is 10.1 Å². The van der Waals surface area contributed by atoms with E-state index in [4.69, 9.17) is 16.3 Å². The number of rotatable bonds is 5. The number of amides is 1. The van der Waals surface area contributed by atoms with E-state index < -0.39 is 6.04 Å². The molecule has 1 unspecified atom stereocenters. The number of halogens is 2. The van der Waals surface area contributed by atoms with Gasteiger partial charge in [-0.1, -0.05) is 59.3 Å². The van der Waals surface area contributed by atoms with Crippen molar-refractivity contribution in [3.63, 3.8) is 0 Å². The first-order valence-electron chi connectivity index (χ1n) is 11.3. The Hall–Kier alpha value is -3.21. The van der Waals surface area contributed by atoms with Crippen LogP contribution in [0.1, 0.15) is 24.1 Å². The maximum Gasteiger partial charge on any atom is 0.271 e. The van der Waals surface area contributed by atoms with Crippen LogP contribution in [0.4, 0.5) is 5.69 Å². The van der Waals surface area contributed by atoms with Crippen molar-refractivity contribution < 1.29 is 9.53 Å². The quantitative estimate of drug-likeness (QED) is 0.307. The van der Waals surface area contributed by atoms with Gasteiger partial charge >= 0.3 is 0 Å². The Morgan fingerprint density at radius 3 is 2.54 bits per heavy atom. The number of hydrogen-bond donors (Lipinski definition) is 1. The van der Waals surface area contributed by atoms with E-state index in [9.17, 15) is 9.59 Å². The number of ether oxygens (including phenoxy) is 1. The Morgan fingerprint density at radius 2 is 1.86 bits per heavy atom. The zero-order valence-corrected chi connectivity index (χ0v) is 23.6. The van der Waals surface area contributed by atoms with Gasteiger partial charge in [0.2, 0.25) is 0 Å². The molecule has 0 saturated carbocycles. The molecule has 1 amide bonds. The first-order chi connectivity index (χ1) is 17.9. The van der Waals surface area contributed by atoms with Gasteiger partial charge in [-0.15, -0.1) is 0 Å². The number of carbonyl (C=O) groups excluding carboxylic acids is 1. The number of fused-ring (bicyclic) bond motifs is 1. The van der Waals surface area contributed by atoms with Gasteiger partial charge in [-0.3, -0.25) is 14.2 Å². The molecular weight excluding hydrogens is 621 g/mol. The monoisotopic (exact) mass is 641 g/mol. The van der Waals surface area contributed by atoms with Gasteiger partial charge in [-0.25, -0.2) is 4.99 Å². The number of methoxy groups -OCH3 is 1. The first kappa shape index (κ1) is 25.4. The SMILES string of the molecule is COc1ccc(/C=c2\sc3n(c2=O)C(c2ccc(Cl)cc2)C(C(=O)Nc2ccccc2)=C(C)N=3)cc1I. The molecule has 6 nitrogen and oxygen atoms in total. The lowest BCUT2D eigenvalue weighted by Gasteiger charge is -2.25. The highest BCUT2D eigenvalue weighted by atomic mass is 127. The van der Waals surface area contributed by atoms with Crippen molar-refractivity contribution in [2.24, 2.45) is 4.99 Å². The van der Waals surface area contributed by atoms with Crippen molar-refractivity contribution >= 4 is 63.2 Å². The third-order valence-corrected chi connectivity index (χ3v) is 8.04. The van der Waals surface area contributed by atoms with Crippen molar-refractivity contribution in [3.8, 4) is 5.75 Å². The summed E-state index contributed by atoms with van der Waals surface area (Å²) >= 11 is 9.66. The van der Waals surface area contributed by atoms with Crippen molar-refractivity contribution in [3.05, 3.63) is 123 Å². The molecule has 1 N–H and O–H groups in total. The standard InChI is InChI=1S/C28H21ClIN3O3S/c1-16-24(26(34)32-20-6-4-3-5-7-20)25(18-9-11-19(29)12-10-18)33-27(35)23(37-28(33)31-16)15-17-8-13-22(36-2)21(30)14-17/h3-15,25H,1-2H3,(H,32,34)/b23-15-. The average molecular weight is 642 g/mol. The number of benzene rings is 3. The van der Waals surface area contributed by atoms with Gasteiger partial charge in [0.15, 0.2) is 4.80 Å². The summed E-state index contributed by atoms with van der Waals surface area (Å²) in [6.07, 6.45) is 1.84. The Bertz CT molecular complexity index is 1710. The van der Waals surface area contributed by atoms with Crippen LogP contribution in [0.15, 0.2) is 93.9 Å². The minimum atomic E-state index is -0.657. The Labute approximate surface area is 235 Å². The van der Waals surface area contributed by atoms with Crippen molar-refractivity contribution in [2.45, 2.75) is 13.0 Å². The van der Waals surface area contributed by atoms with Crippen molar-refractivity contribution in [2.75, 3.05) is 12.4 Å². The van der Waals surface area contributed by atoms with Crippen LogP contribution in [-0.2, 0) is 4.79 Å². The fourth-order valence-electron chi connectivity index (χ4n) is 4.22. The molecule has 37 heavy (non-hydrogen) atoms. The molecule has 186 valence electrons. The molecular formula is C28H21ClIN3O3S. The van der Waals surface area contributed by atoms with E-state index in [0.29, 0.717) is 31.3 Å². The zero-order valence-electron chi connectivity index (χ0n) is 19.9. The maximum absolute atomic E-state index is 13.8. The summed E-state index contributed by atoms with van der Waals surface area (Å²) in [5, 5.41) is 3.52. The van der Waals surface area contributed by atoms with E-state index in [1.807, 2.05) is 66.7 Å². The molecule has 0 fully saturated rings. The lowest BCUT2D eigenvalue weighted by atomic mass is 9.95. The molecule has 0 radical (unpaired) electrons. The predicted molar refractivity (Wildman–Crippen MR) is 156 cm³/mol. The number of anilines is 1. The normalized spacial score (nSPS) is 15.2. The van der Waals surface area contributed by atoms with Crippen molar-refractivity contribution in [1.82, 2.24) is 4.57 Å². The third-order valence-electron chi connectivity index (χ3n) is 5.96. The summed E-state index contributed by atoms with van der Waals surface area (Å²) in [6, 6.07) is 21.5. The van der Waals surface area contributed by atoms with Crippen LogP contribution in [0.2, 0.25) is 5.02 Å². The second-order valence-electron chi connectivity index (χ2n) is 8.35. The molecule has 2 heterocycles. The highest BCUT2D eigenvalue weighted by Crippen LogP contribution is 2.31. The van der Waals surface area contributed by atoms with E-state index in [2.05, 4.69) is 32.9 Å². The number of hydrogen-bond acceptors (Lipinski definition) is 5. The summed E-state index contributed by atoms with van der Waals surface area (Å²) in [7, 11) is 1.62. The van der Waals surface area contributed by atoms with Crippen LogP contribution in [0.25, 0.3) is 6.08 Å². The molecule has 1 aromatic heterocycles. The largest absolute Gasteiger partial charge is 0.496 e. The highest BCUT2D eigenvalue weighted by molar-refractivity contribution is 14.1. The van der Waals surface area contributed by atoms with E-state index in [1.165, 1.54) is 11.3 Å². The van der Waals surface area contributed by atoms with E-state index in [-0.39, 0.29) is 11.5 Å². The second kappa shape index (κ2) is 10.6. The van der Waals surface area contributed by atoms with Crippen LogP contribution in [0.3, 0.4) is 0 Å². The second-order valence-corrected chi connectivity index (χ2v) is 11.0. The number of thiazole rings is 1. The van der Waals surface area contributed by atoms with E-state index >= 15 is 0 Å². The van der Waals surface area contributed by atoms with Crippen LogP contribution < -0.4 is 24.9 Å². The molecule has 9 heteroatoms. The molecule has 0 aliphatic carbocycles. The molecule has 5 rings (SSSR count). The first-order valence-corrected chi connectivity index (χ1v) is 13.6. The van der Waals surface area contributed by atoms with Gasteiger partial charge in [0, 0.05) is 10.7 Å². The van der Waals surface area contributed by atoms with Gasteiger partial charge in [-0.05, 0) is 83.1 Å². The molecule has 0 spiro atoms. The fraction of sp³-hybridized carbons (Fsp3) is 0.107. The summed E-state index contributed by atoms with van der Waals surface area (Å²) < 4.78 is 8.41. The number of allylic oxidation sites excluding steroid dienone is 1. The topological polar surface area (TPSA) is 72.7 Å². The van der Waals surface area contributed by atoms with Crippen LogP contribution in [0, 0.1) is 3.57 Å². The zero-order chi connectivity index (χ0) is 26.1. The number of aromatic nitrogens is 1. The summed E-state index contributed by atoms with van der Waals surface area (Å²) in [6.45, 7) is 1.80. The van der Waals surface area contributed by atoms with E-state index in [0.717, 1.165) is 20.4 Å². The lowest BCUT2D eigenvalue weighted by Crippen LogP contribution is -2.40. The molecule has 4 aromatic rings. The van der Waals surface area contributed by atoms with Crippen molar-refractivity contribution in [1.29, 1.82) is 0 Å². The highest BCUT2D eigenvalue weighted by Gasteiger charge is 2.32. The number of para-hydroxylation sites is 1. The lowest BCUT2D eigenvalue weighted by molar-refractivity contribution is -0.113. The van der Waals surface area contributed by atoms with Gasteiger partial charge in [0.05, 0.1) is 32.5 Å². The van der Waals surface area contributed by atoms with Gasteiger partial charge in [-0.2, -0.15) is 0 Å². The third kappa shape index (κ3) is 5.14. The minimum absolute atomic E-state index is 0.216. The summed E-state index contributed by atoms with van der Waals surface area (Å²) in [5.41, 5.74) is 3.05. The van der Waals surface area contributed by atoms with Crippen LogP contribution in [0.5, 0.6) is 5.75 Å². The molecule has 0 bridgehead atoms. The molecule has 3 aromatic carbocycles. The number of nitrogens with one attached hydrogen (secondary N) is 1. The fourth-order valence-corrected chi connectivity index (χ4v) is 6.15. The Kier molecular flexibility index (Phi) is 7.32. The summed E-state index contributed by atoms with van der Waals surface area (Å²) in [5.74, 6) is 0.457. The predicted octanol–water partition coefficient (Wildman–Crippen LogP) is 5.14. The molecule has 0 saturated heterocycles. The van der Waals surface area contributed by atoms with Gasteiger partial charge in [0.1, 0.15) is 5.75 Å². The van der Waals surface area contributed by atoms with Crippen LogP contribution in [-0.4, -0.2) is 17.6 Å². The van der Waals surface area contributed by atoms with E-state index in [1.54, 1.807) is 30.7 Å². The molecule has 1 aliphatic rings. The smallest absolute Gasteiger partial charge is 0.271 e. The Morgan fingerprint density at radius 1 is 1.14 bits per heavy atom. The average Bonchev–Trinajstić information content (AvgIpc) is 3.18. The van der Waals surface area contributed by atoms with Crippen LogP contribution >= 0.6 is 45.5 Å². The van der Waals surface area contributed by atoms with Gasteiger partial charge in [0.25, 0.3) is 11.5 Å². The Balaban J connectivity index is 1.66. The summed E-state index contributed by atoms with van der Waals surface area (Å²) in [4.78, 5) is 32.6. The molecule has 1 atom stereocenters. The molecule has 1 aliphatic heterocycles.